The van der Waals surface area contributed by atoms with Crippen LogP contribution in [0.15, 0.2) is 24.3 Å². The number of rotatable bonds is 4. The van der Waals surface area contributed by atoms with E-state index >= 15 is 0 Å². The van der Waals surface area contributed by atoms with Gasteiger partial charge in [-0.2, -0.15) is 0 Å². The smallest absolute Gasteiger partial charge is 0.263 e. The number of hydrogen-bond donors (Lipinski definition) is 1. The first-order chi connectivity index (χ1) is 9.60. The summed E-state index contributed by atoms with van der Waals surface area (Å²) in [6.07, 6.45) is 1.65. The van der Waals surface area contributed by atoms with Crippen molar-refractivity contribution in [2.45, 2.75) is 31.9 Å². The van der Waals surface area contributed by atoms with Crippen LogP contribution >= 0.6 is 11.6 Å². The summed E-state index contributed by atoms with van der Waals surface area (Å²) >= 11 is 5.91. The van der Waals surface area contributed by atoms with E-state index in [2.05, 4.69) is 5.32 Å². The lowest BCUT2D eigenvalue weighted by molar-refractivity contribution is -0.139. The van der Waals surface area contributed by atoms with Gasteiger partial charge < -0.3 is 15.0 Å². The van der Waals surface area contributed by atoms with Gasteiger partial charge in [-0.05, 0) is 45.0 Å². The van der Waals surface area contributed by atoms with E-state index < -0.39 is 6.10 Å². The average molecular weight is 297 g/mol. The second-order valence-corrected chi connectivity index (χ2v) is 5.57. The van der Waals surface area contributed by atoms with E-state index in [-0.39, 0.29) is 5.91 Å². The molecule has 2 rings (SSSR count). The molecule has 2 atom stereocenters. The maximum Gasteiger partial charge on any atom is 0.263 e. The molecule has 5 heteroatoms. The lowest BCUT2D eigenvalue weighted by Crippen LogP contribution is -2.50. The maximum atomic E-state index is 12.4. The SMILES string of the molecule is CNC1CCCN(C(=O)C(C)Oc2cccc(Cl)c2)C1. The minimum Gasteiger partial charge on any atom is -0.481 e. The molecule has 0 radical (unpaired) electrons. The molecule has 1 fully saturated rings. The molecule has 1 heterocycles. The summed E-state index contributed by atoms with van der Waals surface area (Å²) < 4.78 is 5.68. The Morgan fingerprint density at radius 1 is 1.55 bits per heavy atom. The van der Waals surface area contributed by atoms with Crippen molar-refractivity contribution < 1.29 is 9.53 Å². The number of likely N-dealkylation sites (N-methyl/N-ethyl adjacent to an activating group) is 1. The molecule has 1 amide bonds. The van der Waals surface area contributed by atoms with Gasteiger partial charge in [0.2, 0.25) is 0 Å². The highest BCUT2D eigenvalue weighted by molar-refractivity contribution is 6.30. The summed E-state index contributed by atoms with van der Waals surface area (Å²) in [5.74, 6) is 0.658. The summed E-state index contributed by atoms with van der Waals surface area (Å²) in [6.45, 7) is 3.34. The van der Waals surface area contributed by atoms with Crippen LogP contribution in [0.25, 0.3) is 0 Å². The maximum absolute atomic E-state index is 12.4. The molecule has 0 bridgehead atoms. The molecule has 2 unspecified atom stereocenters. The largest absolute Gasteiger partial charge is 0.481 e. The van der Waals surface area contributed by atoms with E-state index in [1.54, 1.807) is 19.1 Å². The van der Waals surface area contributed by atoms with Gasteiger partial charge in [0.1, 0.15) is 5.75 Å². The van der Waals surface area contributed by atoms with Gasteiger partial charge in [-0.1, -0.05) is 17.7 Å². The number of halogens is 1. The topological polar surface area (TPSA) is 41.6 Å². The third-order valence-electron chi connectivity index (χ3n) is 3.60. The van der Waals surface area contributed by atoms with Crippen LogP contribution in [0.4, 0.5) is 0 Å². The second kappa shape index (κ2) is 6.95. The Balaban J connectivity index is 1.94. The van der Waals surface area contributed by atoms with E-state index in [9.17, 15) is 4.79 Å². The zero-order chi connectivity index (χ0) is 14.5. The van der Waals surface area contributed by atoms with Gasteiger partial charge in [-0.25, -0.2) is 0 Å². The Morgan fingerprint density at radius 2 is 2.35 bits per heavy atom. The van der Waals surface area contributed by atoms with Crippen LogP contribution in [0.2, 0.25) is 5.02 Å². The zero-order valence-corrected chi connectivity index (χ0v) is 12.7. The number of carbonyl (C=O) groups is 1. The third-order valence-corrected chi connectivity index (χ3v) is 3.83. The number of likely N-dealkylation sites (tertiary alicyclic amines) is 1. The van der Waals surface area contributed by atoms with E-state index in [0.29, 0.717) is 16.8 Å². The van der Waals surface area contributed by atoms with Gasteiger partial charge in [-0.15, -0.1) is 0 Å². The van der Waals surface area contributed by atoms with Gasteiger partial charge in [0.15, 0.2) is 6.10 Å². The molecule has 1 aliphatic rings. The minimum absolute atomic E-state index is 0.0323. The fraction of sp³-hybridized carbons (Fsp3) is 0.533. The highest BCUT2D eigenvalue weighted by atomic mass is 35.5. The Labute approximate surface area is 125 Å². The van der Waals surface area contributed by atoms with Crippen molar-refractivity contribution in [2.24, 2.45) is 0 Å². The van der Waals surface area contributed by atoms with Crippen LogP contribution in [0.1, 0.15) is 19.8 Å². The highest BCUT2D eigenvalue weighted by Crippen LogP contribution is 2.19. The molecular weight excluding hydrogens is 276 g/mol. The third kappa shape index (κ3) is 3.87. The monoisotopic (exact) mass is 296 g/mol. The second-order valence-electron chi connectivity index (χ2n) is 5.13. The first kappa shape index (κ1) is 15.1. The molecule has 110 valence electrons. The van der Waals surface area contributed by atoms with Gasteiger partial charge >= 0.3 is 0 Å². The summed E-state index contributed by atoms with van der Waals surface area (Å²) in [4.78, 5) is 14.3. The molecule has 0 saturated carbocycles. The number of ether oxygens (including phenoxy) is 1. The lowest BCUT2D eigenvalue weighted by Gasteiger charge is -2.34. The predicted molar refractivity (Wildman–Crippen MR) is 80.2 cm³/mol. The number of nitrogens with one attached hydrogen (secondary N) is 1. The van der Waals surface area contributed by atoms with Crippen LogP contribution in [-0.2, 0) is 4.79 Å². The van der Waals surface area contributed by atoms with Gasteiger partial charge in [0, 0.05) is 24.2 Å². The quantitative estimate of drug-likeness (QED) is 0.927. The summed E-state index contributed by atoms with van der Waals surface area (Å²) in [7, 11) is 1.94. The Morgan fingerprint density at radius 3 is 3.05 bits per heavy atom. The number of piperidine rings is 1. The minimum atomic E-state index is -0.496. The van der Waals surface area contributed by atoms with Crippen LogP contribution < -0.4 is 10.1 Å². The van der Waals surface area contributed by atoms with E-state index in [1.807, 2.05) is 24.1 Å². The Bertz CT molecular complexity index is 467. The fourth-order valence-corrected chi connectivity index (χ4v) is 2.65. The number of hydrogen-bond acceptors (Lipinski definition) is 3. The zero-order valence-electron chi connectivity index (χ0n) is 11.9. The molecular formula is C15H21ClN2O2. The van der Waals surface area contributed by atoms with Gasteiger partial charge in [-0.3, -0.25) is 4.79 Å². The van der Waals surface area contributed by atoms with Crippen LogP contribution in [0.5, 0.6) is 5.75 Å². The molecule has 1 N–H and O–H groups in total. The lowest BCUT2D eigenvalue weighted by atomic mass is 10.1. The average Bonchev–Trinajstić information content (AvgIpc) is 2.46. The molecule has 20 heavy (non-hydrogen) atoms. The van der Waals surface area contributed by atoms with E-state index in [4.69, 9.17) is 16.3 Å². The number of amides is 1. The number of carbonyl (C=O) groups excluding carboxylic acids is 1. The molecule has 4 nitrogen and oxygen atoms in total. The summed E-state index contributed by atoms with van der Waals surface area (Å²) in [5.41, 5.74) is 0. The first-order valence-corrected chi connectivity index (χ1v) is 7.36. The van der Waals surface area contributed by atoms with Crippen molar-refractivity contribution in [3.05, 3.63) is 29.3 Å². The molecule has 1 aromatic rings. The van der Waals surface area contributed by atoms with Crippen molar-refractivity contribution in [1.82, 2.24) is 10.2 Å². The van der Waals surface area contributed by atoms with Crippen LogP contribution in [0, 0.1) is 0 Å². The van der Waals surface area contributed by atoms with Gasteiger partial charge in [0.25, 0.3) is 5.91 Å². The molecule has 1 aromatic carbocycles. The van der Waals surface area contributed by atoms with Crippen LogP contribution in [0.3, 0.4) is 0 Å². The van der Waals surface area contributed by atoms with Crippen LogP contribution in [-0.4, -0.2) is 43.1 Å². The normalized spacial score (nSPS) is 20.6. The summed E-state index contributed by atoms with van der Waals surface area (Å²) in [6, 6.07) is 7.50. The number of benzene rings is 1. The fourth-order valence-electron chi connectivity index (χ4n) is 2.46. The molecule has 1 aliphatic heterocycles. The van der Waals surface area contributed by atoms with E-state index in [0.717, 1.165) is 25.9 Å². The Hall–Kier alpha value is -1.26. The van der Waals surface area contributed by atoms with Crippen molar-refractivity contribution in [2.75, 3.05) is 20.1 Å². The summed E-state index contributed by atoms with van der Waals surface area (Å²) in [5, 5.41) is 3.84. The van der Waals surface area contributed by atoms with E-state index in [1.165, 1.54) is 0 Å². The van der Waals surface area contributed by atoms with Crippen molar-refractivity contribution in [3.8, 4) is 5.75 Å². The van der Waals surface area contributed by atoms with Gasteiger partial charge in [0.05, 0.1) is 0 Å². The highest BCUT2D eigenvalue weighted by Gasteiger charge is 2.27. The first-order valence-electron chi connectivity index (χ1n) is 6.98. The predicted octanol–water partition coefficient (Wildman–Crippen LogP) is 2.32. The number of nitrogens with zero attached hydrogens (tertiary/aromatic N) is 1. The Kier molecular flexibility index (Phi) is 5.26. The van der Waals surface area contributed by atoms with Crippen molar-refractivity contribution >= 4 is 17.5 Å². The molecule has 0 aliphatic carbocycles. The van der Waals surface area contributed by atoms with Crippen molar-refractivity contribution in [3.63, 3.8) is 0 Å². The van der Waals surface area contributed by atoms with Crippen molar-refractivity contribution in [1.29, 1.82) is 0 Å². The molecule has 0 aromatic heterocycles. The molecule has 1 saturated heterocycles. The molecule has 0 spiro atoms. The standard InChI is InChI=1S/C15H21ClN2O2/c1-11(20-14-7-3-5-12(16)9-14)15(19)18-8-4-6-13(10-18)17-2/h3,5,7,9,11,13,17H,4,6,8,10H2,1-2H3.